The zero-order chi connectivity index (χ0) is 18.1. The SMILES string of the molecule is CC(C)(C)OC(=O)N1CCN2C(NCC(C)(C)C(N)=O)=NCC2C1. The maximum atomic E-state index is 12.2. The Balaban J connectivity index is 1.88. The van der Waals surface area contributed by atoms with Crippen molar-refractivity contribution < 1.29 is 14.3 Å². The molecule has 2 aliphatic rings. The molecule has 0 aromatic carbocycles. The molecule has 0 bridgehead atoms. The molecule has 1 fully saturated rings. The van der Waals surface area contributed by atoms with E-state index in [-0.39, 0.29) is 18.0 Å². The lowest BCUT2D eigenvalue weighted by molar-refractivity contribution is -0.125. The molecule has 2 aliphatic heterocycles. The van der Waals surface area contributed by atoms with Crippen LogP contribution in [0.2, 0.25) is 0 Å². The van der Waals surface area contributed by atoms with Crippen molar-refractivity contribution >= 4 is 18.0 Å². The first-order valence-electron chi connectivity index (χ1n) is 8.32. The molecule has 8 heteroatoms. The second-order valence-corrected chi connectivity index (χ2v) is 8.04. The third-order valence-electron chi connectivity index (χ3n) is 4.21. The number of rotatable bonds is 3. The molecule has 2 rings (SSSR count). The third kappa shape index (κ3) is 4.30. The van der Waals surface area contributed by atoms with Crippen LogP contribution < -0.4 is 11.1 Å². The fraction of sp³-hybridized carbons (Fsp3) is 0.812. The number of nitrogens with two attached hydrogens (primary N) is 1. The molecular weight excluding hydrogens is 310 g/mol. The van der Waals surface area contributed by atoms with Gasteiger partial charge in [0.15, 0.2) is 5.96 Å². The Hall–Kier alpha value is -1.99. The molecule has 136 valence electrons. The summed E-state index contributed by atoms with van der Waals surface area (Å²) in [6, 6.07) is 0.144. The normalized spacial score (nSPS) is 21.2. The van der Waals surface area contributed by atoms with Gasteiger partial charge in [0.05, 0.1) is 18.0 Å². The van der Waals surface area contributed by atoms with Crippen LogP contribution in [0.15, 0.2) is 4.99 Å². The van der Waals surface area contributed by atoms with Gasteiger partial charge < -0.3 is 25.6 Å². The molecule has 24 heavy (non-hydrogen) atoms. The van der Waals surface area contributed by atoms with Gasteiger partial charge in [-0.05, 0) is 34.6 Å². The summed E-state index contributed by atoms with van der Waals surface area (Å²) in [6.45, 7) is 12.1. The van der Waals surface area contributed by atoms with Crippen LogP contribution in [0.4, 0.5) is 4.79 Å². The molecule has 1 saturated heterocycles. The molecule has 0 aromatic heterocycles. The van der Waals surface area contributed by atoms with Gasteiger partial charge in [0.2, 0.25) is 5.91 Å². The van der Waals surface area contributed by atoms with Crippen molar-refractivity contribution in [3.8, 4) is 0 Å². The molecule has 1 atom stereocenters. The van der Waals surface area contributed by atoms with Crippen LogP contribution >= 0.6 is 0 Å². The second-order valence-electron chi connectivity index (χ2n) is 8.04. The highest BCUT2D eigenvalue weighted by atomic mass is 16.6. The minimum absolute atomic E-state index is 0.144. The van der Waals surface area contributed by atoms with Crippen LogP contribution in [-0.2, 0) is 9.53 Å². The predicted molar refractivity (Wildman–Crippen MR) is 91.6 cm³/mol. The van der Waals surface area contributed by atoms with E-state index in [9.17, 15) is 9.59 Å². The Morgan fingerprint density at radius 3 is 2.54 bits per heavy atom. The van der Waals surface area contributed by atoms with Gasteiger partial charge in [0, 0.05) is 26.2 Å². The first kappa shape index (κ1) is 18.4. The summed E-state index contributed by atoms with van der Waals surface area (Å²) >= 11 is 0. The Kier molecular flexibility index (Phi) is 4.96. The summed E-state index contributed by atoms with van der Waals surface area (Å²) in [6.07, 6.45) is -0.279. The topological polar surface area (TPSA) is 100 Å². The van der Waals surface area contributed by atoms with Crippen LogP contribution in [0.25, 0.3) is 0 Å². The maximum Gasteiger partial charge on any atom is 0.410 e. The molecule has 2 heterocycles. The number of carbonyl (C=O) groups is 2. The molecule has 0 radical (unpaired) electrons. The number of guanidine groups is 1. The molecule has 0 aliphatic carbocycles. The summed E-state index contributed by atoms with van der Waals surface area (Å²) in [5, 5.41) is 3.23. The van der Waals surface area contributed by atoms with Crippen molar-refractivity contribution in [1.29, 1.82) is 0 Å². The Morgan fingerprint density at radius 2 is 1.96 bits per heavy atom. The molecule has 3 N–H and O–H groups in total. The number of carbonyl (C=O) groups excluding carboxylic acids is 2. The van der Waals surface area contributed by atoms with Gasteiger partial charge in [-0.15, -0.1) is 0 Å². The standard InChI is InChI=1S/C16H29N5O3/c1-15(2,3)24-14(23)20-6-7-21-11(9-20)8-18-13(21)19-10-16(4,5)12(17)22/h11H,6-10H2,1-5H3,(H2,17,22)(H,18,19). The Morgan fingerprint density at radius 1 is 1.29 bits per heavy atom. The number of amides is 2. The minimum Gasteiger partial charge on any atom is -0.444 e. The molecule has 0 aromatic rings. The maximum absolute atomic E-state index is 12.2. The number of aliphatic imine (C=N–C) groups is 1. The van der Waals surface area contributed by atoms with E-state index >= 15 is 0 Å². The molecule has 0 saturated carbocycles. The first-order chi connectivity index (χ1) is 11.0. The fourth-order valence-electron chi connectivity index (χ4n) is 2.61. The number of primary amides is 1. The predicted octanol–water partition coefficient (Wildman–Crippen LogP) is 0.378. The van der Waals surface area contributed by atoms with Crippen molar-refractivity contribution in [3.63, 3.8) is 0 Å². The number of nitrogens with zero attached hydrogens (tertiary/aromatic N) is 3. The molecule has 2 amide bonds. The van der Waals surface area contributed by atoms with E-state index in [4.69, 9.17) is 10.5 Å². The number of ether oxygens (including phenoxy) is 1. The first-order valence-corrected chi connectivity index (χ1v) is 8.32. The van der Waals surface area contributed by atoms with E-state index in [1.807, 2.05) is 20.8 Å². The van der Waals surface area contributed by atoms with Gasteiger partial charge in [0.25, 0.3) is 0 Å². The summed E-state index contributed by atoms with van der Waals surface area (Å²) in [5.41, 5.74) is 4.27. The number of nitrogens with one attached hydrogen (secondary N) is 1. The van der Waals surface area contributed by atoms with E-state index in [2.05, 4.69) is 15.2 Å². The van der Waals surface area contributed by atoms with E-state index < -0.39 is 11.0 Å². The zero-order valence-electron chi connectivity index (χ0n) is 15.3. The van der Waals surface area contributed by atoms with Gasteiger partial charge in [0.1, 0.15) is 5.60 Å². The lowest BCUT2D eigenvalue weighted by Crippen LogP contribution is -2.58. The second kappa shape index (κ2) is 6.49. The molecule has 0 spiro atoms. The Labute approximate surface area is 143 Å². The van der Waals surface area contributed by atoms with E-state index in [1.54, 1.807) is 18.7 Å². The highest BCUT2D eigenvalue weighted by Gasteiger charge is 2.37. The van der Waals surface area contributed by atoms with Crippen molar-refractivity contribution in [2.75, 3.05) is 32.7 Å². The number of fused-ring (bicyclic) bond motifs is 1. The van der Waals surface area contributed by atoms with Gasteiger partial charge in [-0.2, -0.15) is 0 Å². The van der Waals surface area contributed by atoms with Gasteiger partial charge in [-0.1, -0.05) is 0 Å². The van der Waals surface area contributed by atoms with Crippen molar-refractivity contribution in [2.24, 2.45) is 16.1 Å². The largest absolute Gasteiger partial charge is 0.444 e. The number of hydrogen-bond donors (Lipinski definition) is 2. The minimum atomic E-state index is -0.640. The highest BCUT2D eigenvalue weighted by molar-refractivity contribution is 5.84. The van der Waals surface area contributed by atoms with Crippen molar-refractivity contribution in [3.05, 3.63) is 0 Å². The molecule has 1 unspecified atom stereocenters. The number of hydrogen-bond acceptors (Lipinski definition) is 6. The highest BCUT2D eigenvalue weighted by Crippen LogP contribution is 2.19. The average molecular weight is 339 g/mol. The van der Waals surface area contributed by atoms with Crippen molar-refractivity contribution in [2.45, 2.75) is 46.3 Å². The number of piperazine rings is 1. The monoisotopic (exact) mass is 339 g/mol. The summed E-state index contributed by atoms with van der Waals surface area (Å²) in [4.78, 5) is 32.0. The lowest BCUT2D eigenvalue weighted by atomic mass is 9.93. The lowest BCUT2D eigenvalue weighted by Gasteiger charge is -2.39. The van der Waals surface area contributed by atoms with Gasteiger partial charge in [-0.3, -0.25) is 9.79 Å². The van der Waals surface area contributed by atoms with Crippen LogP contribution in [-0.4, -0.2) is 72.1 Å². The van der Waals surface area contributed by atoms with Gasteiger partial charge >= 0.3 is 6.09 Å². The summed E-state index contributed by atoms with van der Waals surface area (Å²) in [7, 11) is 0. The smallest absolute Gasteiger partial charge is 0.410 e. The zero-order valence-corrected chi connectivity index (χ0v) is 15.3. The molecule has 8 nitrogen and oxygen atoms in total. The van der Waals surface area contributed by atoms with Crippen molar-refractivity contribution in [1.82, 2.24) is 15.1 Å². The van der Waals surface area contributed by atoms with Gasteiger partial charge in [-0.25, -0.2) is 4.79 Å². The van der Waals surface area contributed by atoms with Crippen LogP contribution in [0, 0.1) is 5.41 Å². The van der Waals surface area contributed by atoms with E-state index in [0.717, 1.165) is 5.96 Å². The van der Waals surface area contributed by atoms with E-state index in [1.165, 1.54) is 0 Å². The average Bonchev–Trinajstić information content (AvgIpc) is 2.85. The molecular formula is C16H29N5O3. The summed E-state index contributed by atoms with van der Waals surface area (Å²) < 4.78 is 5.44. The summed E-state index contributed by atoms with van der Waals surface area (Å²) in [5.74, 6) is 0.429. The van der Waals surface area contributed by atoms with Crippen LogP contribution in [0.1, 0.15) is 34.6 Å². The fourth-order valence-corrected chi connectivity index (χ4v) is 2.61. The quantitative estimate of drug-likeness (QED) is 0.774. The van der Waals surface area contributed by atoms with Crippen LogP contribution in [0.3, 0.4) is 0 Å². The van der Waals surface area contributed by atoms with Crippen LogP contribution in [0.5, 0.6) is 0 Å². The third-order valence-corrected chi connectivity index (χ3v) is 4.21. The Bertz CT molecular complexity index is 538. The van der Waals surface area contributed by atoms with E-state index in [0.29, 0.717) is 32.7 Å².